The minimum Gasteiger partial charge on any atom is -0.339 e. The van der Waals surface area contributed by atoms with Crippen molar-refractivity contribution in [1.29, 1.82) is 0 Å². The number of aryl methyl sites for hydroxylation is 1. The quantitative estimate of drug-likeness (QED) is 0.888. The molecule has 120 valence electrons. The molecule has 3 rings (SSSR count). The molecule has 2 aromatic rings. The molecule has 7 heteroatoms. The third-order valence-corrected chi connectivity index (χ3v) is 4.69. The molecule has 1 aromatic heterocycles. The molecule has 23 heavy (non-hydrogen) atoms. The highest BCUT2D eigenvalue weighted by Crippen LogP contribution is 2.22. The topological polar surface area (TPSA) is 88.3 Å². The predicted molar refractivity (Wildman–Crippen MR) is 89.4 cm³/mol. The van der Waals surface area contributed by atoms with Gasteiger partial charge in [0.05, 0.1) is 0 Å². The van der Waals surface area contributed by atoms with Crippen molar-refractivity contribution in [3.63, 3.8) is 0 Å². The number of benzene rings is 1. The Balaban J connectivity index is 1.67. The van der Waals surface area contributed by atoms with Crippen LogP contribution in [0.15, 0.2) is 29.6 Å². The van der Waals surface area contributed by atoms with Crippen molar-refractivity contribution in [2.24, 2.45) is 5.73 Å². The van der Waals surface area contributed by atoms with Gasteiger partial charge in [-0.1, -0.05) is 17.7 Å². The standard InChI is InChI=1S/C16H18N4O2S/c1-10-2-4-11(5-3-10)20-7-6-12(16(20)22)19-15(21)13-9-23-14(8-17)18-13/h2-5,9,12H,6-8,17H2,1H3,(H,19,21). The summed E-state index contributed by atoms with van der Waals surface area (Å²) in [5, 5.41) is 5.13. The Morgan fingerprint density at radius 1 is 1.43 bits per heavy atom. The molecule has 1 atom stereocenters. The summed E-state index contributed by atoms with van der Waals surface area (Å²) in [6.45, 7) is 2.90. The number of nitrogens with two attached hydrogens (primary N) is 1. The van der Waals surface area contributed by atoms with Crippen molar-refractivity contribution in [1.82, 2.24) is 10.3 Å². The zero-order valence-corrected chi connectivity index (χ0v) is 13.6. The highest BCUT2D eigenvalue weighted by Gasteiger charge is 2.34. The summed E-state index contributed by atoms with van der Waals surface area (Å²) in [4.78, 5) is 30.5. The number of hydrogen-bond donors (Lipinski definition) is 2. The van der Waals surface area contributed by atoms with Gasteiger partial charge in [0.2, 0.25) is 5.91 Å². The van der Waals surface area contributed by atoms with Gasteiger partial charge in [0, 0.05) is 24.2 Å². The summed E-state index contributed by atoms with van der Waals surface area (Å²) in [5.41, 5.74) is 7.82. The van der Waals surface area contributed by atoms with Crippen LogP contribution >= 0.6 is 11.3 Å². The molecule has 0 aliphatic carbocycles. The van der Waals surface area contributed by atoms with Gasteiger partial charge in [-0.15, -0.1) is 11.3 Å². The molecule has 0 bridgehead atoms. The van der Waals surface area contributed by atoms with Crippen molar-refractivity contribution in [2.75, 3.05) is 11.4 Å². The van der Waals surface area contributed by atoms with Crippen LogP contribution in [-0.2, 0) is 11.3 Å². The molecule has 6 nitrogen and oxygen atoms in total. The molecule has 2 heterocycles. The summed E-state index contributed by atoms with van der Waals surface area (Å²) in [6.07, 6.45) is 0.590. The SMILES string of the molecule is Cc1ccc(N2CCC(NC(=O)c3csc(CN)n3)C2=O)cc1. The van der Waals surface area contributed by atoms with Crippen LogP contribution in [0.4, 0.5) is 5.69 Å². The van der Waals surface area contributed by atoms with Gasteiger partial charge < -0.3 is 16.0 Å². The first kappa shape index (κ1) is 15.6. The van der Waals surface area contributed by atoms with Gasteiger partial charge in [0.25, 0.3) is 5.91 Å². The molecule has 0 saturated carbocycles. The van der Waals surface area contributed by atoms with E-state index in [2.05, 4.69) is 10.3 Å². The Bertz CT molecular complexity index is 726. The number of carbonyl (C=O) groups is 2. The van der Waals surface area contributed by atoms with Crippen LogP contribution in [0.25, 0.3) is 0 Å². The molecule has 1 unspecified atom stereocenters. The lowest BCUT2D eigenvalue weighted by atomic mass is 10.2. The van der Waals surface area contributed by atoms with Gasteiger partial charge in [0.15, 0.2) is 0 Å². The van der Waals surface area contributed by atoms with Crippen LogP contribution < -0.4 is 16.0 Å². The Hall–Kier alpha value is -2.25. The maximum absolute atomic E-state index is 12.5. The first-order chi connectivity index (χ1) is 11.1. The molecule has 0 spiro atoms. The molecule has 1 saturated heterocycles. The van der Waals surface area contributed by atoms with Crippen molar-refractivity contribution >= 4 is 28.8 Å². The average molecular weight is 330 g/mol. The lowest BCUT2D eigenvalue weighted by Crippen LogP contribution is -2.41. The second kappa shape index (κ2) is 6.47. The maximum Gasteiger partial charge on any atom is 0.271 e. The van der Waals surface area contributed by atoms with E-state index in [0.717, 1.165) is 11.3 Å². The molecular weight excluding hydrogens is 312 g/mol. The van der Waals surface area contributed by atoms with E-state index in [0.29, 0.717) is 30.2 Å². The summed E-state index contributed by atoms with van der Waals surface area (Å²) < 4.78 is 0. The highest BCUT2D eigenvalue weighted by atomic mass is 32.1. The van der Waals surface area contributed by atoms with E-state index in [1.54, 1.807) is 10.3 Å². The number of nitrogens with one attached hydrogen (secondary N) is 1. The van der Waals surface area contributed by atoms with Crippen LogP contribution in [0, 0.1) is 6.92 Å². The number of anilines is 1. The third kappa shape index (κ3) is 3.25. The van der Waals surface area contributed by atoms with Gasteiger partial charge in [-0.25, -0.2) is 4.98 Å². The number of rotatable bonds is 4. The number of carbonyl (C=O) groups excluding carboxylic acids is 2. The molecule has 1 fully saturated rings. The molecule has 2 amide bonds. The van der Waals surface area contributed by atoms with E-state index in [4.69, 9.17) is 5.73 Å². The van der Waals surface area contributed by atoms with Gasteiger partial charge in [-0.3, -0.25) is 9.59 Å². The second-order valence-corrected chi connectivity index (χ2v) is 6.41. The fourth-order valence-electron chi connectivity index (χ4n) is 2.54. The monoisotopic (exact) mass is 330 g/mol. The average Bonchev–Trinajstić information content (AvgIpc) is 3.16. The van der Waals surface area contributed by atoms with Crippen molar-refractivity contribution < 1.29 is 9.59 Å². The van der Waals surface area contributed by atoms with E-state index < -0.39 is 6.04 Å². The van der Waals surface area contributed by atoms with Crippen LogP contribution in [0.3, 0.4) is 0 Å². The number of hydrogen-bond acceptors (Lipinski definition) is 5. The maximum atomic E-state index is 12.5. The number of thiazole rings is 1. The summed E-state index contributed by atoms with van der Waals surface area (Å²) in [7, 11) is 0. The van der Waals surface area contributed by atoms with E-state index >= 15 is 0 Å². The lowest BCUT2D eigenvalue weighted by Gasteiger charge is -2.17. The fourth-order valence-corrected chi connectivity index (χ4v) is 3.19. The Morgan fingerprint density at radius 2 is 2.17 bits per heavy atom. The van der Waals surface area contributed by atoms with Crippen molar-refractivity contribution in [3.05, 3.63) is 45.9 Å². The summed E-state index contributed by atoms with van der Waals surface area (Å²) in [5.74, 6) is -0.415. The highest BCUT2D eigenvalue weighted by molar-refractivity contribution is 7.09. The zero-order chi connectivity index (χ0) is 16.4. The minimum atomic E-state index is -0.508. The Morgan fingerprint density at radius 3 is 2.83 bits per heavy atom. The molecular formula is C16H18N4O2S. The number of amides is 2. The van der Waals surface area contributed by atoms with Crippen molar-refractivity contribution in [3.8, 4) is 0 Å². The number of aromatic nitrogens is 1. The largest absolute Gasteiger partial charge is 0.339 e. The van der Waals surface area contributed by atoms with E-state index in [1.165, 1.54) is 11.3 Å². The van der Waals surface area contributed by atoms with E-state index in [1.807, 2.05) is 31.2 Å². The fraction of sp³-hybridized carbons (Fsp3) is 0.312. The summed E-state index contributed by atoms with van der Waals surface area (Å²) >= 11 is 1.34. The Kier molecular flexibility index (Phi) is 4.40. The van der Waals surface area contributed by atoms with Crippen LogP contribution in [0.5, 0.6) is 0 Å². The van der Waals surface area contributed by atoms with Gasteiger partial charge in [-0.2, -0.15) is 0 Å². The molecule has 1 aliphatic heterocycles. The lowest BCUT2D eigenvalue weighted by molar-refractivity contribution is -0.118. The van der Waals surface area contributed by atoms with Crippen LogP contribution in [-0.4, -0.2) is 29.4 Å². The minimum absolute atomic E-state index is 0.0866. The second-order valence-electron chi connectivity index (χ2n) is 5.47. The summed E-state index contributed by atoms with van der Waals surface area (Å²) in [6, 6.07) is 7.28. The molecule has 1 aliphatic rings. The number of nitrogens with zero attached hydrogens (tertiary/aromatic N) is 2. The predicted octanol–water partition coefficient (Wildman–Crippen LogP) is 1.45. The smallest absolute Gasteiger partial charge is 0.271 e. The van der Waals surface area contributed by atoms with E-state index in [9.17, 15) is 9.59 Å². The molecule has 0 radical (unpaired) electrons. The van der Waals surface area contributed by atoms with Crippen molar-refractivity contribution in [2.45, 2.75) is 25.9 Å². The van der Waals surface area contributed by atoms with Crippen LogP contribution in [0.2, 0.25) is 0 Å². The first-order valence-electron chi connectivity index (χ1n) is 7.42. The zero-order valence-electron chi connectivity index (χ0n) is 12.8. The van der Waals surface area contributed by atoms with Gasteiger partial charge in [0.1, 0.15) is 16.7 Å². The normalized spacial score (nSPS) is 17.6. The molecule has 3 N–H and O–H groups in total. The van der Waals surface area contributed by atoms with Gasteiger partial charge in [-0.05, 0) is 25.5 Å². The molecule has 1 aromatic carbocycles. The van der Waals surface area contributed by atoms with Gasteiger partial charge >= 0.3 is 0 Å². The third-order valence-electron chi connectivity index (χ3n) is 3.82. The van der Waals surface area contributed by atoms with E-state index in [-0.39, 0.29) is 11.8 Å². The van der Waals surface area contributed by atoms with Crippen LogP contribution in [0.1, 0.15) is 27.5 Å². The first-order valence-corrected chi connectivity index (χ1v) is 8.30. The Labute approximate surface area is 138 Å².